The molecule has 2 aromatic carbocycles. The summed E-state index contributed by atoms with van der Waals surface area (Å²) >= 11 is 0. The smallest absolute Gasteiger partial charge is 0.0366 e. The lowest BCUT2D eigenvalue weighted by Gasteiger charge is -2.29. The van der Waals surface area contributed by atoms with E-state index in [0.717, 1.165) is 6.54 Å². The lowest BCUT2D eigenvalue weighted by Crippen LogP contribution is -2.29. The van der Waals surface area contributed by atoms with E-state index >= 15 is 0 Å². The number of nitrogens with zero attached hydrogens (tertiary/aromatic N) is 1. The van der Waals surface area contributed by atoms with Crippen molar-refractivity contribution in [3.63, 3.8) is 0 Å². The van der Waals surface area contributed by atoms with Gasteiger partial charge in [-0.1, -0.05) is 36.4 Å². The zero-order valence-electron chi connectivity index (χ0n) is 14.5. The van der Waals surface area contributed by atoms with Crippen molar-refractivity contribution in [2.75, 3.05) is 18.0 Å². The van der Waals surface area contributed by atoms with Crippen LogP contribution in [-0.4, -0.2) is 13.1 Å². The third-order valence-corrected chi connectivity index (χ3v) is 5.58. The number of aryl methyl sites for hydroxylation is 1. The molecule has 2 aliphatic rings. The number of nitrogens with one attached hydrogen (secondary N) is 1. The molecule has 0 amide bonds. The topological polar surface area (TPSA) is 15.3 Å². The standard InChI is InChI=1S/C22H28N2/c1-4-15-24(16-5-1)20-13-11-18(12-14-20)17-23-22-10-6-8-19-7-2-3-9-21(19)22/h2-3,7,9,11-14,22-23H,1,4-6,8,10,15-17H2. The molecule has 126 valence electrons. The van der Waals surface area contributed by atoms with E-state index in [2.05, 4.69) is 58.7 Å². The first kappa shape index (κ1) is 15.7. The Hall–Kier alpha value is -1.80. The second-order valence-corrected chi connectivity index (χ2v) is 7.24. The van der Waals surface area contributed by atoms with Gasteiger partial charge in [-0.3, -0.25) is 0 Å². The van der Waals surface area contributed by atoms with Crippen molar-refractivity contribution in [2.45, 2.75) is 51.1 Å². The van der Waals surface area contributed by atoms with Gasteiger partial charge in [-0.05, 0) is 67.3 Å². The molecule has 2 heteroatoms. The Kier molecular flexibility index (Phi) is 4.84. The average Bonchev–Trinajstić information content (AvgIpc) is 2.67. The van der Waals surface area contributed by atoms with E-state index in [4.69, 9.17) is 0 Å². The number of hydrogen-bond donors (Lipinski definition) is 1. The van der Waals surface area contributed by atoms with Crippen LogP contribution in [0.4, 0.5) is 5.69 Å². The van der Waals surface area contributed by atoms with Gasteiger partial charge in [0.05, 0.1) is 0 Å². The molecule has 1 saturated heterocycles. The van der Waals surface area contributed by atoms with E-state index in [1.807, 2.05) is 0 Å². The van der Waals surface area contributed by atoms with Crippen LogP contribution in [0.15, 0.2) is 48.5 Å². The third kappa shape index (κ3) is 3.49. The van der Waals surface area contributed by atoms with E-state index in [1.54, 1.807) is 0 Å². The molecule has 1 unspecified atom stereocenters. The lowest BCUT2D eigenvalue weighted by molar-refractivity contribution is 0.459. The molecule has 4 rings (SSSR count). The van der Waals surface area contributed by atoms with E-state index < -0.39 is 0 Å². The van der Waals surface area contributed by atoms with Crippen molar-refractivity contribution >= 4 is 5.69 Å². The Morgan fingerprint density at radius 1 is 0.875 bits per heavy atom. The highest BCUT2D eigenvalue weighted by atomic mass is 15.1. The lowest BCUT2D eigenvalue weighted by atomic mass is 9.87. The quantitative estimate of drug-likeness (QED) is 0.867. The van der Waals surface area contributed by atoms with Crippen molar-refractivity contribution in [1.82, 2.24) is 5.32 Å². The summed E-state index contributed by atoms with van der Waals surface area (Å²) in [6, 6.07) is 18.6. The summed E-state index contributed by atoms with van der Waals surface area (Å²) in [6.07, 6.45) is 7.85. The predicted molar refractivity (Wildman–Crippen MR) is 101 cm³/mol. The van der Waals surface area contributed by atoms with Gasteiger partial charge in [0.15, 0.2) is 0 Å². The third-order valence-electron chi connectivity index (χ3n) is 5.58. The zero-order chi connectivity index (χ0) is 16.2. The van der Waals surface area contributed by atoms with Gasteiger partial charge in [0.1, 0.15) is 0 Å². The zero-order valence-corrected chi connectivity index (χ0v) is 14.5. The van der Waals surface area contributed by atoms with Crippen LogP contribution >= 0.6 is 0 Å². The summed E-state index contributed by atoms with van der Waals surface area (Å²) in [6.45, 7) is 3.40. The summed E-state index contributed by atoms with van der Waals surface area (Å²) in [5, 5.41) is 3.78. The second-order valence-electron chi connectivity index (χ2n) is 7.24. The van der Waals surface area contributed by atoms with Crippen molar-refractivity contribution < 1.29 is 0 Å². The largest absolute Gasteiger partial charge is 0.372 e. The van der Waals surface area contributed by atoms with Crippen LogP contribution in [0.5, 0.6) is 0 Å². The van der Waals surface area contributed by atoms with Crippen molar-refractivity contribution in [3.05, 3.63) is 65.2 Å². The summed E-state index contributed by atoms with van der Waals surface area (Å²) < 4.78 is 0. The van der Waals surface area contributed by atoms with Crippen LogP contribution in [0.1, 0.15) is 54.8 Å². The molecule has 0 saturated carbocycles. The molecule has 0 spiro atoms. The first-order chi connectivity index (χ1) is 11.9. The Bertz CT molecular complexity index is 656. The SMILES string of the molecule is c1ccc2c(c1)CCCC2NCc1ccc(N2CCCCC2)cc1. The fourth-order valence-corrected chi connectivity index (χ4v) is 4.18. The Balaban J connectivity index is 1.38. The van der Waals surface area contributed by atoms with Gasteiger partial charge in [-0.15, -0.1) is 0 Å². The van der Waals surface area contributed by atoms with E-state index in [0.29, 0.717) is 6.04 Å². The van der Waals surface area contributed by atoms with Crippen molar-refractivity contribution in [2.24, 2.45) is 0 Å². The molecule has 1 fully saturated rings. The minimum absolute atomic E-state index is 0.511. The van der Waals surface area contributed by atoms with Crippen LogP contribution in [0.25, 0.3) is 0 Å². The highest BCUT2D eigenvalue weighted by Gasteiger charge is 2.19. The highest BCUT2D eigenvalue weighted by molar-refractivity contribution is 5.48. The average molecular weight is 320 g/mol. The summed E-state index contributed by atoms with van der Waals surface area (Å²) in [5.74, 6) is 0. The molecule has 1 aliphatic carbocycles. The minimum atomic E-state index is 0.511. The molecule has 1 aliphatic heterocycles. The monoisotopic (exact) mass is 320 g/mol. The van der Waals surface area contributed by atoms with Gasteiger partial charge in [0, 0.05) is 31.4 Å². The van der Waals surface area contributed by atoms with Crippen molar-refractivity contribution in [3.8, 4) is 0 Å². The second kappa shape index (κ2) is 7.40. The predicted octanol–water partition coefficient (Wildman–Crippen LogP) is 4.84. The van der Waals surface area contributed by atoms with Crippen LogP contribution in [0.2, 0.25) is 0 Å². The summed E-state index contributed by atoms with van der Waals surface area (Å²) in [7, 11) is 0. The molecule has 1 atom stereocenters. The molecule has 2 aromatic rings. The van der Waals surface area contributed by atoms with Crippen molar-refractivity contribution in [1.29, 1.82) is 0 Å². The van der Waals surface area contributed by atoms with Gasteiger partial charge in [0.2, 0.25) is 0 Å². The Labute approximate surface area is 145 Å². The Morgan fingerprint density at radius 2 is 1.67 bits per heavy atom. The summed E-state index contributed by atoms with van der Waals surface area (Å²) in [4.78, 5) is 2.53. The molecule has 0 aromatic heterocycles. The van der Waals surface area contributed by atoms with E-state index in [-0.39, 0.29) is 0 Å². The molecule has 1 heterocycles. The van der Waals surface area contributed by atoms with Crippen LogP contribution in [-0.2, 0) is 13.0 Å². The first-order valence-electron chi connectivity index (χ1n) is 9.55. The number of fused-ring (bicyclic) bond motifs is 1. The molecule has 0 radical (unpaired) electrons. The number of anilines is 1. The van der Waals surface area contributed by atoms with E-state index in [9.17, 15) is 0 Å². The van der Waals surface area contributed by atoms with Gasteiger partial charge >= 0.3 is 0 Å². The maximum absolute atomic E-state index is 3.78. The fraction of sp³-hybridized carbons (Fsp3) is 0.455. The normalized spacial score (nSPS) is 20.7. The number of piperidine rings is 1. The first-order valence-corrected chi connectivity index (χ1v) is 9.55. The minimum Gasteiger partial charge on any atom is -0.372 e. The number of rotatable bonds is 4. The molecule has 2 nitrogen and oxygen atoms in total. The molecular formula is C22H28N2. The molecule has 0 bridgehead atoms. The number of hydrogen-bond acceptors (Lipinski definition) is 2. The molecule has 1 N–H and O–H groups in total. The summed E-state index contributed by atoms with van der Waals surface area (Å²) in [5.41, 5.74) is 5.82. The van der Waals surface area contributed by atoms with Gasteiger partial charge in [-0.25, -0.2) is 0 Å². The van der Waals surface area contributed by atoms with Gasteiger partial charge < -0.3 is 10.2 Å². The highest BCUT2D eigenvalue weighted by Crippen LogP contribution is 2.29. The maximum atomic E-state index is 3.78. The van der Waals surface area contributed by atoms with Gasteiger partial charge in [-0.2, -0.15) is 0 Å². The maximum Gasteiger partial charge on any atom is 0.0366 e. The van der Waals surface area contributed by atoms with Gasteiger partial charge in [0.25, 0.3) is 0 Å². The van der Waals surface area contributed by atoms with Crippen LogP contribution in [0, 0.1) is 0 Å². The van der Waals surface area contributed by atoms with Crippen LogP contribution in [0.3, 0.4) is 0 Å². The Morgan fingerprint density at radius 3 is 2.50 bits per heavy atom. The molecule has 24 heavy (non-hydrogen) atoms. The van der Waals surface area contributed by atoms with Crippen LogP contribution < -0.4 is 10.2 Å². The number of benzene rings is 2. The molecular weight excluding hydrogens is 292 g/mol. The van der Waals surface area contributed by atoms with E-state index in [1.165, 1.54) is 74.0 Å². The fourth-order valence-electron chi connectivity index (χ4n) is 4.18.